The Kier molecular flexibility index (Phi) is 5.17. The number of amides is 2. The fourth-order valence-electron chi connectivity index (χ4n) is 3.93. The van der Waals surface area contributed by atoms with E-state index in [1.165, 1.54) is 4.90 Å². The Hall–Kier alpha value is -2.30. The van der Waals surface area contributed by atoms with Crippen LogP contribution < -0.4 is 4.90 Å². The molecule has 0 aliphatic carbocycles. The van der Waals surface area contributed by atoms with Crippen LogP contribution in [0, 0.1) is 5.92 Å². The van der Waals surface area contributed by atoms with Crippen molar-refractivity contribution in [3.05, 3.63) is 69.8 Å². The lowest BCUT2D eigenvalue weighted by Gasteiger charge is -2.33. The maximum atomic E-state index is 13.4. The average Bonchev–Trinajstić information content (AvgIpc) is 2.93. The Morgan fingerprint density at radius 3 is 2.36 bits per heavy atom. The minimum Gasteiger partial charge on any atom is -0.366 e. The van der Waals surface area contributed by atoms with Crippen LogP contribution in [0.5, 0.6) is 0 Å². The van der Waals surface area contributed by atoms with Crippen LogP contribution in [0.3, 0.4) is 0 Å². The van der Waals surface area contributed by atoms with E-state index in [9.17, 15) is 9.59 Å². The Morgan fingerprint density at radius 1 is 0.964 bits per heavy atom. The second-order valence-electron chi connectivity index (χ2n) is 7.32. The molecule has 4 rings (SSSR count). The van der Waals surface area contributed by atoms with Gasteiger partial charge in [0.1, 0.15) is 5.70 Å². The van der Waals surface area contributed by atoms with Crippen LogP contribution in [0.2, 0.25) is 10.0 Å². The lowest BCUT2D eigenvalue weighted by molar-refractivity contribution is -0.120. The number of benzene rings is 2. The van der Waals surface area contributed by atoms with Crippen molar-refractivity contribution in [2.45, 2.75) is 19.8 Å². The monoisotopic (exact) mass is 414 g/mol. The second kappa shape index (κ2) is 7.61. The number of rotatable bonds is 3. The van der Waals surface area contributed by atoms with Crippen molar-refractivity contribution in [3.63, 3.8) is 0 Å². The van der Waals surface area contributed by atoms with Crippen LogP contribution in [-0.2, 0) is 9.59 Å². The summed E-state index contributed by atoms with van der Waals surface area (Å²) in [7, 11) is 0. The normalized spacial score (nSPS) is 20.3. The first kappa shape index (κ1) is 19.0. The van der Waals surface area contributed by atoms with E-state index in [1.807, 2.05) is 0 Å². The Bertz CT molecular complexity index is 969. The highest BCUT2D eigenvalue weighted by atomic mass is 35.5. The lowest BCUT2D eigenvalue weighted by atomic mass is 9.98. The largest absolute Gasteiger partial charge is 0.366 e. The van der Waals surface area contributed by atoms with Gasteiger partial charge in [-0.2, -0.15) is 0 Å². The summed E-state index contributed by atoms with van der Waals surface area (Å²) in [4.78, 5) is 30.1. The third kappa shape index (κ3) is 3.31. The van der Waals surface area contributed by atoms with Crippen molar-refractivity contribution >= 4 is 46.3 Å². The third-order valence-corrected chi connectivity index (χ3v) is 5.83. The first-order chi connectivity index (χ1) is 13.5. The van der Waals surface area contributed by atoms with Gasteiger partial charge in [0.25, 0.3) is 11.8 Å². The highest BCUT2D eigenvalue weighted by Crippen LogP contribution is 2.38. The lowest BCUT2D eigenvalue weighted by Crippen LogP contribution is -2.39. The molecule has 1 atom stereocenters. The topological polar surface area (TPSA) is 40.6 Å². The highest BCUT2D eigenvalue weighted by Gasteiger charge is 2.43. The zero-order valence-electron chi connectivity index (χ0n) is 15.5. The van der Waals surface area contributed by atoms with Crippen molar-refractivity contribution in [2.24, 2.45) is 5.92 Å². The molecule has 28 heavy (non-hydrogen) atoms. The van der Waals surface area contributed by atoms with Crippen LogP contribution in [0.4, 0.5) is 5.69 Å². The van der Waals surface area contributed by atoms with Crippen molar-refractivity contribution in [1.82, 2.24) is 4.90 Å². The number of anilines is 1. The van der Waals surface area contributed by atoms with Gasteiger partial charge in [-0.15, -0.1) is 0 Å². The molecule has 4 nitrogen and oxygen atoms in total. The summed E-state index contributed by atoms with van der Waals surface area (Å²) in [6.07, 6.45) is 2.11. The molecule has 1 unspecified atom stereocenters. The van der Waals surface area contributed by atoms with E-state index in [1.54, 1.807) is 48.5 Å². The Balaban J connectivity index is 1.85. The zero-order chi connectivity index (χ0) is 19.8. The summed E-state index contributed by atoms with van der Waals surface area (Å²) in [5, 5.41) is 0.949. The quantitative estimate of drug-likeness (QED) is 0.662. The summed E-state index contributed by atoms with van der Waals surface area (Å²) in [6, 6.07) is 14.0. The molecule has 2 heterocycles. The summed E-state index contributed by atoms with van der Waals surface area (Å²) < 4.78 is 0. The second-order valence-corrected chi connectivity index (χ2v) is 8.16. The van der Waals surface area contributed by atoms with Crippen molar-refractivity contribution in [3.8, 4) is 0 Å². The van der Waals surface area contributed by atoms with Gasteiger partial charge in [0, 0.05) is 18.1 Å². The van der Waals surface area contributed by atoms with E-state index >= 15 is 0 Å². The summed E-state index contributed by atoms with van der Waals surface area (Å²) >= 11 is 12.3. The molecule has 1 saturated heterocycles. The van der Waals surface area contributed by atoms with Crippen molar-refractivity contribution < 1.29 is 9.59 Å². The number of piperidine rings is 1. The van der Waals surface area contributed by atoms with E-state index in [-0.39, 0.29) is 11.8 Å². The molecular weight excluding hydrogens is 395 g/mol. The molecule has 1 fully saturated rings. The number of likely N-dealkylation sites (tertiary alicyclic amines) is 1. The number of para-hydroxylation sites is 1. The predicted octanol–water partition coefficient (Wildman–Crippen LogP) is 5.01. The average molecular weight is 415 g/mol. The molecule has 2 aromatic carbocycles. The van der Waals surface area contributed by atoms with Gasteiger partial charge in [-0.25, -0.2) is 4.90 Å². The molecular formula is C22H20Cl2N2O2. The first-order valence-electron chi connectivity index (χ1n) is 9.36. The van der Waals surface area contributed by atoms with E-state index in [2.05, 4.69) is 11.8 Å². The smallest absolute Gasteiger partial charge is 0.282 e. The van der Waals surface area contributed by atoms with E-state index in [4.69, 9.17) is 23.2 Å². The van der Waals surface area contributed by atoms with Gasteiger partial charge in [0.15, 0.2) is 0 Å². The fourth-order valence-corrected chi connectivity index (χ4v) is 4.28. The number of hydrogen-bond acceptors (Lipinski definition) is 3. The van der Waals surface area contributed by atoms with Gasteiger partial charge in [-0.1, -0.05) is 54.4 Å². The maximum absolute atomic E-state index is 13.4. The summed E-state index contributed by atoms with van der Waals surface area (Å²) in [5.74, 6) is -0.212. The van der Waals surface area contributed by atoms with Gasteiger partial charge in [0.05, 0.1) is 16.3 Å². The minimum absolute atomic E-state index is 0.322. The molecule has 6 heteroatoms. The van der Waals surface area contributed by atoms with Gasteiger partial charge < -0.3 is 4.90 Å². The van der Waals surface area contributed by atoms with Crippen molar-refractivity contribution in [2.75, 3.05) is 18.0 Å². The van der Waals surface area contributed by atoms with Crippen molar-refractivity contribution in [1.29, 1.82) is 0 Å². The molecule has 0 saturated carbocycles. The molecule has 2 aliphatic rings. The molecule has 2 aliphatic heterocycles. The Morgan fingerprint density at radius 2 is 1.68 bits per heavy atom. The van der Waals surface area contributed by atoms with Crippen LogP contribution >= 0.6 is 23.2 Å². The standard InChI is InChI=1S/C22H20Cl2N2O2/c1-14-5-4-12-25(13-14)20-19(15-8-10-16(23)11-9-15)21(27)26(22(20)28)18-7-3-2-6-17(18)24/h2-3,6-11,14H,4-5,12-13H2,1H3. The summed E-state index contributed by atoms with van der Waals surface area (Å²) in [6.45, 7) is 3.68. The minimum atomic E-state index is -0.353. The fraction of sp³-hybridized carbons (Fsp3) is 0.273. The Labute approximate surface area is 174 Å². The number of carbonyl (C=O) groups is 2. The van der Waals surface area contributed by atoms with Crippen LogP contribution in [0.15, 0.2) is 54.2 Å². The van der Waals surface area contributed by atoms with Crippen LogP contribution in [0.25, 0.3) is 5.57 Å². The van der Waals surface area contributed by atoms with E-state index < -0.39 is 0 Å². The summed E-state index contributed by atoms with van der Waals surface area (Å²) in [5.41, 5.74) is 1.96. The van der Waals surface area contributed by atoms with Gasteiger partial charge in [-0.3, -0.25) is 9.59 Å². The maximum Gasteiger partial charge on any atom is 0.282 e. The number of nitrogens with zero attached hydrogens (tertiary/aromatic N) is 2. The van der Waals surface area contributed by atoms with Crippen LogP contribution in [-0.4, -0.2) is 29.8 Å². The highest BCUT2D eigenvalue weighted by molar-refractivity contribution is 6.47. The first-order valence-corrected chi connectivity index (χ1v) is 10.1. The van der Waals surface area contributed by atoms with Gasteiger partial charge in [0.2, 0.25) is 0 Å². The molecule has 2 aromatic rings. The molecule has 144 valence electrons. The van der Waals surface area contributed by atoms with Gasteiger partial charge in [-0.05, 0) is 48.6 Å². The zero-order valence-corrected chi connectivity index (χ0v) is 17.0. The van der Waals surface area contributed by atoms with E-state index in [0.29, 0.717) is 38.5 Å². The number of carbonyl (C=O) groups excluding carboxylic acids is 2. The predicted molar refractivity (Wildman–Crippen MR) is 112 cm³/mol. The van der Waals surface area contributed by atoms with E-state index in [0.717, 1.165) is 25.9 Å². The van der Waals surface area contributed by atoms with Crippen LogP contribution in [0.1, 0.15) is 25.3 Å². The number of hydrogen-bond donors (Lipinski definition) is 0. The molecule has 0 spiro atoms. The number of halogens is 2. The molecule has 0 radical (unpaired) electrons. The molecule has 0 bridgehead atoms. The van der Waals surface area contributed by atoms with Gasteiger partial charge >= 0.3 is 0 Å². The SMILES string of the molecule is CC1CCCN(C2=C(c3ccc(Cl)cc3)C(=O)N(c3ccccc3Cl)C2=O)C1. The number of imide groups is 1. The molecule has 2 amide bonds. The molecule has 0 aromatic heterocycles. The molecule has 0 N–H and O–H groups in total. The third-order valence-electron chi connectivity index (χ3n) is 5.26.